The second-order valence-corrected chi connectivity index (χ2v) is 11.1. The van der Waals surface area contributed by atoms with Gasteiger partial charge in [0.05, 0.1) is 16.6 Å². The maximum absolute atomic E-state index is 14.9. The summed E-state index contributed by atoms with van der Waals surface area (Å²) >= 11 is 0. The third-order valence-electron chi connectivity index (χ3n) is 8.20. The van der Waals surface area contributed by atoms with E-state index < -0.39 is 36.6 Å². The van der Waals surface area contributed by atoms with E-state index >= 15 is 0 Å². The number of aryl methyl sites for hydroxylation is 1. The van der Waals surface area contributed by atoms with Gasteiger partial charge in [-0.3, -0.25) is 9.59 Å². The normalized spacial score (nSPS) is 19.5. The number of aromatic nitrogens is 1. The number of nitrogens with zero attached hydrogens (tertiary/aromatic N) is 1. The van der Waals surface area contributed by atoms with Gasteiger partial charge in [-0.25, -0.2) is 13.8 Å². The van der Waals surface area contributed by atoms with Crippen molar-refractivity contribution in [1.82, 2.24) is 10.3 Å². The van der Waals surface area contributed by atoms with Crippen molar-refractivity contribution >= 4 is 22.8 Å². The molecule has 5 nitrogen and oxygen atoms in total. The van der Waals surface area contributed by atoms with Crippen molar-refractivity contribution in [2.75, 3.05) is 7.05 Å². The number of nitrogens with one attached hydrogen (secondary N) is 1. The minimum atomic E-state index is -4.49. The molecule has 3 aliphatic rings. The summed E-state index contributed by atoms with van der Waals surface area (Å²) in [6.07, 6.45) is -2.96. The predicted octanol–water partition coefficient (Wildman–Crippen LogP) is 7.67. The zero-order valence-electron chi connectivity index (χ0n) is 22.0. The van der Waals surface area contributed by atoms with Crippen LogP contribution in [0.2, 0.25) is 0 Å². The molecule has 0 radical (unpaired) electrons. The molecule has 2 heterocycles. The van der Waals surface area contributed by atoms with Gasteiger partial charge in [0.2, 0.25) is 5.71 Å². The number of Topliss-reactive ketones (excluding diaryl/α,β-unsaturated/α-hetero) is 1. The van der Waals surface area contributed by atoms with Crippen LogP contribution in [-0.2, 0) is 6.42 Å². The van der Waals surface area contributed by atoms with Crippen LogP contribution in [0.5, 0.6) is 0 Å². The molecule has 7 rings (SSSR count). The van der Waals surface area contributed by atoms with Crippen LogP contribution < -0.4 is 5.32 Å². The topological polar surface area (TPSA) is 72.2 Å². The molecule has 41 heavy (non-hydrogen) atoms. The van der Waals surface area contributed by atoms with E-state index in [-0.39, 0.29) is 56.0 Å². The number of fused-ring (bicyclic) bond motifs is 1. The highest BCUT2D eigenvalue weighted by molar-refractivity contribution is 6.11. The number of benzene rings is 2. The Morgan fingerprint density at radius 1 is 1.00 bits per heavy atom. The van der Waals surface area contributed by atoms with E-state index in [1.165, 1.54) is 43.4 Å². The van der Waals surface area contributed by atoms with Crippen LogP contribution in [0.4, 0.5) is 22.0 Å². The molecule has 0 atom stereocenters. The third kappa shape index (κ3) is 5.11. The van der Waals surface area contributed by atoms with Crippen molar-refractivity contribution in [3.8, 4) is 22.5 Å². The molecule has 212 valence electrons. The summed E-state index contributed by atoms with van der Waals surface area (Å²) in [6, 6.07) is 10.4. The fourth-order valence-corrected chi connectivity index (χ4v) is 6.14. The van der Waals surface area contributed by atoms with E-state index in [2.05, 4.69) is 10.3 Å². The first-order chi connectivity index (χ1) is 19.4. The average Bonchev–Trinajstić information content (AvgIpc) is 3.25. The van der Waals surface area contributed by atoms with E-state index in [0.29, 0.717) is 17.9 Å². The molecule has 3 aliphatic carbocycles. The first-order valence-electron chi connectivity index (χ1n) is 13.3. The second-order valence-electron chi connectivity index (χ2n) is 11.1. The van der Waals surface area contributed by atoms with E-state index in [4.69, 9.17) is 4.42 Å². The highest BCUT2D eigenvalue weighted by Gasteiger charge is 2.56. The number of amides is 1. The summed E-state index contributed by atoms with van der Waals surface area (Å²) in [4.78, 5) is 30.4. The standard InChI is InChI=1S/C31H25F5N2O3/c1-37-28(40)26-23-11-22(18-8-19(10-21(33)9-18)25(39)15-30-12-16(13-30)14-30)24(6-7-31(34,35)36)38-29(23)41-27(26)17-2-4-20(32)5-3-17/h2-5,8-11,16H,6-7,12-15H2,1H3,(H,37,40). The Morgan fingerprint density at radius 2 is 1.71 bits per heavy atom. The highest BCUT2D eigenvalue weighted by Crippen LogP contribution is 2.66. The molecule has 10 heteroatoms. The van der Waals surface area contributed by atoms with Gasteiger partial charge in [0, 0.05) is 36.6 Å². The largest absolute Gasteiger partial charge is 0.437 e. The van der Waals surface area contributed by atoms with Crippen LogP contribution in [0, 0.1) is 23.0 Å². The summed E-state index contributed by atoms with van der Waals surface area (Å²) in [5, 5.41) is 2.70. The van der Waals surface area contributed by atoms with E-state index in [0.717, 1.165) is 31.4 Å². The summed E-state index contributed by atoms with van der Waals surface area (Å²) < 4.78 is 74.1. The fourth-order valence-electron chi connectivity index (χ4n) is 6.14. The maximum Gasteiger partial charge on any atom is 0.389 e. The summed E-state index contributed by atoms with van der Waals surface area (Å²) in [5.74, 6) is -1.28. The molecule has 2 bridgehead atoms. The lowest BCUT2D eigenvalue weighted by Gasteiger charge is -2.62. The van der Waals surface area contributed by atoms with Gasteiger partial charge in [-0.05, 0) is 91.1 Å². The maximum atomic E-state index is 14.9. The van der Waals surface area contributed by atoms with Crippen molar-refractivity contribution in [3.05, 3.63) is 77.0 Å². The van der Waals surface area contributed by atoms with Crippen LogP contribution in [-0.4, -0.2) is 29.9 Å². The van der Waals surface area contributed by atoms with Gasteiger partial charge in [0.25, 0.3) is 5.91 Å². The van der Waals surface area contributed by atoms with Crippen molar-refractivity contribution < 1.29 is 36.0 Å². The SMILES string of the molecule is CNC(=O)c1c(-c2ccc(F)cc2)oc2nc(CCC(F)(F)F)c(-c3cc(F)cc(C(=O)CC45CC(C4)C5)c3)cc12. The molecule has 0 aliphatic heterocycles. The monoisotopic (exact) mass is 568 g/mol. The van der Waals surface area contributed by atoms with Crippen LogP contribution in [0.1, 0.15) is 58.5 Å². The van der Waals surface area contributed by atoms with E-state index in [1.807, 2.05) is 0 Å². The molecule has 0 saturated heterocycles. The van der Waals surface area contributed by atoms with Crippen LogP contribution in [0.15, 0.2) is 52.9 Å². The number of carbonyl (C=O) groups is 2. The molecule has 4 aromatic rings. The van der Waals surface area contributed by atoms with Crippen molar-refractivity contribution in [1.29, 1.82) is 0 Å². The molecule has 3 saturated carbocycles. The lowest BCUT2D eigenvalue weighted by Crippen LogP contribution is -2.52. The number of carbonyl (C=O) groups excluding carboxylic acids is 2. The number of halogens is 5. The number of ketones is 1. The van der Waals surface area contributed by atoms with Crippen LogP contribution in [0.25, 0.3) is 33.6 Å². The Morgan fingerprint density at radius 3 is 2.32 bits per heavy atom. The number of pyridine rings is 1. The van der Waals surface area contributed by atoms with Crippen molar-refractivity contribution in [2.45, 2.75) is 44.7 Å². The Bertz CT molecular complexity index is 1670. The summed E-state index contributed by atoms with van der Waals surface area (Å²) in [7, 11) is 1.40. The summed E-state index contributed by atoms with van der Waals surface area (Å²) in [5.41, 5.74) is 0.721. The average molecular weight is 569 g/mol. The van der Waals surface area contributed by atoms with E-state index in [9.17, 15) is 31.5 Å². The quantitative estimate of drug-likeness (QED) is 0.175. The molecule has 1 amide bonds. The molecule has 2 aromatic carbocycles. The molecule has 0 unspecified atom stereocenters. The summed E-state index contributed by atoms with van der Waals surface area (Å²) in [6.45, 7) is 0. The molecule has 3 fully saturated rings. The number of rotatable bonds is 8. The Kier molecular flexibility index (Phi) is 6.47. The zero-order chi connectivity index (χ0) is 29.1. The smallest absolute Gasteiger partial charge is 0.389 e. The number of hydrogen-bond donors (Lipinski definition) is 1. The number of hydrogen-bond acceptors (Lipinski definition) is 4. The van der Waals surface area contributed by atoms with Crippen LogP contribution in [0.3, 0.4) is 0 Å². The van der Waals surface area contributed by atoms with E-state index in [1.54, 1.807) is 0 Å². The first-order valence-corrected chi connectivity index (χ1v) is 13.3. The Labute approximate surface area is 231 Å². The molecule has 0 spiro atoms. The number of alkyl halides is 3. The molecular weight excluding hydrogens is 543 g/mol. The zero-order valence-corrected chi connectivity index (χ0v) is 22.0. The van der Waals surface area contributed by atoms with Gasteiger partial charge < -0.3 is 9.73 Å². The fraction of sp³-hybridized carbons (Fsp3) is 0.323. The van der Waals surface area contributed by atoms with Crippen LogP contribution >= 0.6 is 0 Å². The lowest BCUT2D eigenvalue weighted by molar-refractivity contribution is -0.134. The molecular formula is C31H25F5N2O3. The Hall–Kier alpha value is -4.08. The molecule has 2 aromatic heterocycles. The minimum absolute atomic E-state index is 0.0114. The number of furan rings is 1. The predicted molar refractivity (Wildman–Crippen MR) is 141 cm³/mol. The van der Waals surface area contributed by atoms with Gasteiger partial charge >= 0.3 is 6.18 Å². The van der Waals surface area contributed by atoms with Gasteiger partial charge in [-0.15, -0.1) is 0 Å². The Balaban J connectivity index is 1.50. The highest BCUT2D eigenvalue weighted by atomic mass is 19.4. The molecule has 1 N–H and O–H groups in total. The van der Waals surface area contributed by atoms with Gasteiger partial charge in [-0.1, -0.05) is 0 Å². The van der Waals surface area contributed by atoms with Gasteiger partial charge in [0.1, 0.15) is 17.4 Å². The minimum Gasteiger partial charge on any atom is -0.437 e. The van der Waals surface area contributed by atoms with Gasteiger partial charge in [0.15, 0.2) is 5.78 Å². The van der Waals surface area contributed by atoms with Gasteiger partial charge in [-0.2, -0.15) is 13.2 Å². The second kappa shape index (κ2) is 9.78. The van der Waals surface area contributed by atoms with Crippen molar-refractivity contribution in [2.24, 2.45) is 11.3 Å². The van der Waals surface area contributed by atoms with Crippen molar-refractivity contribution in [3.63, 3.8) is 0 Å². The lowest BCUT2D eigenvalue weighted by atomic mass is 9.43. The third-order valence-corrected chi connectivity index (χ3v) is 8.20. The first kappa shape index (κ1) is 27.1.